The van der Waals surface area contributed by atoms with Crippen molar-refractivity contribution in [3.63, 3.8) is 0 Å². The van der Waals surface area contributed by atoms with E-state index in [0.717, 1.165) is 15.7 Å². The number of carbonyl (C=O) groups excluding carboxylic acids is 1. The normalized spacial score (nSPS) is 17.0. The maximum Gasteiger partial charge on any atom is 0.262 e. The molecule has 0 saturated heterocycles. The third-order valence-corrected chi connectivity index (χ3v) is 9.41. The molecule has 30 heavy (non-hydrogen) atoms. The highest BCUT2D eigenvalue weighted by Crippen LogP contribution is 2.42. The quantitative estimate of drug-likeness (QED) is 0.465. The lowest BCUT2D eigenvalue weighted by atomic mass is 10.1. The summed E-state index contributed by atoms with van der Waals surface area (Å²) in [5.74, 6) is 1.34. The molecule has 1 saturated carbocycles. The zero-order valence-electron chi connectivity index (χ0n) is 18.1. The standard InChI is InChI=1S/C24H29BrNO3Si/c1-24(2,3)30(4)29-15-19-20(25)6-5-7-21(19)26-12-13-28-22-14-17(16-8-9-16)10-11-18(22)23(26)27/h5-7,10-11,14,16H,8-9,12-13,15H2,1-4H3. The van der Waals surface area contributed by atoms with E-state index < -0.39 is 9.04 Å². The fraction of sp³-hybridized carbons (Fsp3) is 0.458. The fourth-order valence-electron chi connectivity index (χ4n) is 3.57. The van der Waals surface area contributed by atoms with Gasteiger partial charge < -0.3 is 14.1 Å². The van der Waals surface area contributed by atoms with Crippen LogP contribution in [0.4, 0.5) is 5.69 Å². The third kappa shape index (κ3) is 4.51. The summed E-state index contributed by atoms with van der Waals surface area (Å²) < 4.78 is 13.3. The summed E-state index contributed by atoms with van der Waals surface area (Å²) in [5, 5.41) is 0.149. The Bertz CT molecular complexity index is 952. The van der Waals surface area contributed by atoms with E-state index in [0.29, 0.717) is 37.0 Å². The van der Waals surface area contributed by atoms with Crippen LogP contribution in [-0.4, -0.2) is 28.1 Å². The molecule has 2 aliphatic rings. The van der Waals surface area contributed by atoms with Crippen molar-refractivity contribution < 1.29 is 14.0 Å². The van der Waals surface area contributed by atoms with E-state index in [4.69, 9.17) is 9.16 Å². The molecule has 1 aliphatic heterocycles. The highest BCUT2D eigenvalue weighted by atomic mass is 79.9. The zero-order valence-corrected chi connectivity index (χ0v) is 20.7. The topological polar surface area (TPSA) is 38.8 Å². The monoisotopic (exact) mass is 486 g/mol. The Morgan fingerprint density at radius 3 is 2.70 bits per heavy atom. The second kappa shape index (κ2) is 8.48. The summed E-state index contributed by atoms with van der Waals surface area (Å²) in [6.07, 6.45) is 2.46. The summed E-state index contributed by atoms with van der Waals surface area (Å²) >= 11 is 3.68. The first-order valence-corrected chi connectivity index (χ1v) is 13.3. The highest BCUT2D eigenvalue weighted by molar-refractivity contribution is 9.10. The minimum Gasteiger partial charge on any atom is -0.491 e. The first-order chi connectivity index (χ1) is 14.3. The molecule has 0 unspecified atom stereocenters. The van der Waals surface area contributed by atoms with Gasteiger partial charge in [-0.1, -0.05) is 48.8 Å². The van der Waals surface area contributed by atoms with E-state index in [1.165, 1.54) is 18.4 Å². The molecule has 4 rings (SSSR count). The number of carbonyl (C=O) groups is 1. The number of amides is 1. The summed E-state index contributed by atoms with van der Waals surface area (Å²) in [6, 6.07) is 12.1. The molecule has 1 amide bonds. The van der Waals surface area contributed by atoms with E-state index >= 15 is 0 Å². The van der Waals surface area contributed by atoms with Crippen LogP contribution in [-0.2, 0) is 11.0 Å². The molecule has 1 fully saturated rings. The molecule has 1 aliphatic carbocycles. The number of hydrogen-bond acceptors (Lipinski definition) is 3. The number of hydrogen-bond donors (Lipinski definition) is 0. The Morgan fingerprint density at radius 1 is 1.23 bits per heavy atom. The van der Waals surface area contributed by atoms with Gasteiger partial charge in [-0.15, -0.1) is 0 Å². The van der Waals surface area contributed by atoms with Crippen LogP contribution in [0.3, 0.4) is 0 Å². The van der Waals surface area contributed by atoms with Crippen LogP contribution in [0, 0.1) is 0 Å². The largest absolute Gasteiger partial charge is 0.491 e. The van der Waals surface area contributed by atoms with Gasteiger partial charge in [0.1, 0.15) is 12.4 Å². The van der Waals surface area contributed by atoms with Gasteiger partial charge in [0.15, 0.2) is 0 Å². The number of halogens is 1. The number of ether oxygens (including phenoxy) is 1. The maximum absolute atomic E-state index is 13.5. The number of rotatable bonds is 5. The Balaban J connectivity index is 1.63. The number of fused-ring (bicyclic) bond motifs is 1. The molecule has 159 valence electrons. The van der Waals surface area contributed by atoms with Crippen LogP contribution in [0.5, 0.6) is 5.75 Å². The lowest BCUT2D eigenvalue weighted by Crippen LogP contribution is -2.33. The Kier molecular flexibility index (Phi) is 6.10. The molecule has 2 aromatic rings. The molecular formula is C24H29BrNO3Si. The van der Waals surface area contributed by atoms with Gasteiger partial charge in [0, 0.05) is 10.0 Å². The molecule has 0 spiro atoms. The van der Waals surface area contributed by atoms with Crippen LogP contribution in [0.2, 0.25) is 11.6 Å². The van der Waals surface area contributed by atoms with Gasteiger partial charge in [-0.3, -0.25) is 4.79 Å². The van der Waals surface area contributed by atoms with Crippen LogP contribution < -0.4 is 9.64 Å². The predicted molar refractivity (Wildman–Crippen MR) is 126 cm³/mol. The average Bonchev–Trinajstić information content (AvgIpc) is 3.54. The van der Waals surface area contributed by atoms with E-state index in [1.54, 1.807) is 0 Å². The van der Waals surface area contributed by atoms with Crippen LogP contribution in [0.1, 0.15) is 61.0 Å². The first kappa shape index (κ1) is 21.6. The molecule has 0 atom stereocenters. The molecule has 1 heterocycles. The van der Waals surface area contributed by atoms with E-state index in [9.17, 15) is 4.79 Å². The molecular weight excluding hydrogens is 458 g/mol. The van der Waals surface area contributed by atoms with Gasteiger partial charge in [-0.2, -0.15) is 0 Å². The highest BCUT2D eigenvalue weighted by Gasteiger charge is 2.30. The van der Waals surface area contributed by atoms with Gasteiger partial charge in [-0.05, 0) is 60.2 Å². The third-order valence-electron chi connectivity index (χ3n) is 5.98. The summed E-state index contributed by atoms with van der Waals surface area (Å²) in [4.78, 5) is 15.3. The van der Waals surface area contributed by atoms with Gasteiger partial charge in [0.2, 0.25) is 9.04 Å². The van der Waals surface area contributed by atoms with Crippen molar-refractivity contribution in [1.82, 2.24) is 0 Å². The SMILES string of the molecule is C[Si](OCc1c(Br)cccc1N1CCOc2cc(C3CC3)ccc2C1=O)C(C)(C)C. The van der Waals surface area contributed by atoms with E-state index in [-0.39, 0.29) is 10.9 Å². The smallest absolute Gasteiger partial charge is 0.262 e. The molecule has 2 aromatic carbocycles. The van der Waals surface area contributed by atoms with Gasteiger partial charge >= 0.3 is 0 Å². The maximum atomic E-state index is 13.5. The number of nitrogens with zero attached hydrogens (tertiary/aromatic N) is 1. The number of anilines is 1. The lowest BCUT2D eigenvalue weighted by Gasteiger charge is -2.27. The summed E-state index contributed by atoms with van der Waals surface area (Å²) in [6.45, 7) is 10.3. The second-order valence-corrected chi connectivity index (χ2v) is 12.9. The van der Waals surface area contributed by atoms with Gasteiger partial charge in [0.25, 0.3) is 5.91 Å². The summed E-state index contributed by atoms with van der Waals surface area (Å²) in [5.41, 5.74) is 3.82. The van der Waals surface area contributed by atoms with E-state index in [1.807, 2.05) is 29.2 Å². The second-order valence-electron chi connectivity index (χ2n) is 9.17. The Morgan fingerprint density at radius 2 is 2.00 bits per heavy atom. The van der Waals surface area contributed by atoms with Crippen molar-refractivity contribution in [1.29, 1.82) is 0 Å². The van der Waals surface area contributed by atoms with Crippen molar-refractivity contribution in [2.24, 2.45) is 0 Å². The molecule has 0 bridgehead atoms. The molecule has 4 nitrogen and oxygen atoms in total. The van der Waals surface area contributed by atoms with Gasteiger partial charge in [0.05, 0.1) is 24.4 Å². The number of benzene rings is 2. The van der Waals surface area contributed by atoms with Crippen molar-refractivity contribution in [2.75, 3.05) is 18.1 Å². The van der Waals surface area contributed by atoms with Gasteiger partial charge in [-0.25, -0.2) is 0 Å². The van der Waals surface area contributed by atoms with E-state index in [2.05, 4.69) is 55.4 Å². The minimum atomic E-state index is -0.990. The lowest BCUT2D eigenvalue weighted by molar-refractivity contribution is 0.0989. The predicted octanol–water partition coefficient (Wildman–Crippen LogP) is 6.30. The molecule has 0 aromatic heterocycles. The Labute approximate surface area is 189 Å². The van der Waals surface area contributed by atoms with Crippen molar-refractivity contribution in [3.8, 4) is 5.75 Å². The van der Waals surface area contributed by atoms with Crippen molar-refractivity contribution in [2.45, 2.75) is 57.7 Å². The fourth-order valence-corrected chi connectivity index (χ4v) is 4.83. The summed E-state index contributed by atoms with van der Waals surface area (Å²) in [7, 11) is -0.990. The molecule has 0 N–H and O–H groups in total. The first-order valence-electron chi connectivity index (χ1n) is 10.6. The average molecular weight is 487 g/mol. The zero-order chi connectivity index (χ0) is 21.5. The van der Waals surface area contributed by atoms with Crippen molar-refractivity contribution >= 4 is 36.6 Å². The molecule has 6 heteroatoms. The van der Waals surface area contributed by atoms with Crippen LogP contribution >= 0.6 is 15.9 Å². The Hall–Kier alpha value is -1.63. The molecule has 1 radical (unpaired) electrons. The minimum absolute atomic E-state index is 0.0120. The van der Waals surface area contributed by atoms with Crippen LogP contribution in [0.25, 0.3) is 0 Å². The van der Waals surface area contributed by atoms with Crippen molar-refractivity contribution in [3.05, 3.63) is 57.6 Å². The van der Waals surface area contributed by atoms with Crippen LogP contribution in [0.15, 0.2) is 40.9 Å².